The number of hydrogen-bond acceptors (Lipinski definition) is 3. The Bertz CT molecular complexity index is 402. The van der Waals surface area contributed by atoms with Gasteiger partial charge in [-0.25, -0.2) is 0 Å². The van der Waals surface area contributed by atoms with E-state index >= 15 is 0 Å². The number of rotatable bonds is 4. The first-order chi connectivity index (χ1) is 8.72. The number of benzene rings is 1. The molecule has 0 aliphatic carbocycles. The zero-order valence-electron chi connectivity index (χ0n) is 10.9. The van der Waals surface area contributed by atoms with Crippen LogP contribution in [0.5, 0.6) is 5.75 Å². The standard InChI is InChI=1S/C14H19NO3/c1-17-12-5-3-11(4-6-12)9-14(16)15-8-7-13(10-15)18-2/h3-6,13H,7-10H2,1-2H3. The summed E-state index contributed by atoms with van der Waals surface area (Å²) in [5.74, 6) is 0.978. The van der Waals surface area contributed by atoms with Crippen molar-refractivity contribution in [3.63, 3.8) is 0 Å². The first kappa shape index (κ1) is 12.9. The third-order valence-electron chi connectivity index (χ3n) is 3.35. The first-order valence-electron chi connectivity index (χ1n) is 6.16. The minimum atomic E-state index is 0.166. The van der Waals surface area contributed by atoms with E-state index in [0.29, 0.717) is 13.0 Å². The maximum absolute atomic E-state index is 12.1. The summed E-state index contributed by atoms with van der Waals surface area (Å²) in [4.78, 5) is 13.9. The highest BCUT2D eigenvalue weighted by Crippen LogP contribution is 2.15. The van der Waals surface area contributed by atoms with Gasteiger partial charge in [0.25, 0.3) is 0 Å². The predicted molar refractivity (Wildman–Crippen MR) is 68.7 cm³/mol. The molecule has 2 rings (SSSR count). The summed E-state index contributed by atoms with van der Waals surface area (Å²) < 4.78 is 10.4. The number of ether oxygens (including phenoxy) is 2. The molecule has 1 heterocycles. The van der Waals surface area contributed by atoms with E-state index < -0.39 is 0 Å². The summed E-state index contributed by atoms with van der Waals surface area (Å²) in [7, 11) is 3.33. The minimum absolute atomic E-state index is 0.166. The SMILES string of the molecule is COc1ccc(CC(=O)N2CCC(OC)C2)cc1. The van der Waals surface area contributed by atoms with E-state index in [4.69, 9.17) is 9.47 Å². The Labute approximate surface area is 107 Å². The van der Waals surface area contributed by atoms with Crippen molar-refractivity contribution in [1.29, 1.82) is 0 Å². The fourth-order valence-corrected chi connectivity index (χ4v) is 2.18. The summed E-state index contributed by atoms with van der Waals surface area (Å²) in [6, 6.07) is 7.62. The summed E-state index contributed by atoms with van der Waals surface area (Å²) in [5.41, 5.74) is 1.02. The summed E-state index contributed by atoms with van der Waals surface area (Å²) >= 11 is 0. The molecule has 98 valence electrons. The van der Waals surface area contributed by atoms with Crippen LogP contribution in [0.3, 0.4) is 0 Å². The number of methoxy groups -OCH3 is 2. The molecular weight excluding hydrogens is 230 g/mol. The monoisotopic (exact) mass is 249 g/mol. The van der Waals surface area contributed by atoms with E-state index in [1.165, 1.54) is 0 Å². The first-order valence-corrected chi connectivity index (χ1v) is 6.16. The minimum Gasteiger partial charge on any atom is -0.497 e. The third-order valence-corrected chi connectivity index (χ3v) is 3.35. The van der Waals surface area contributed by atoms with E-state index in [9.17, 15) is 4.79 Å². The Balaban J connectivity index is 1.90. The number of nitrogens with zero attached hydrogens (tertiary/aromatic N) is 1. The molecule has 1 aliphatic heterocycles. The molecule has 1 fully saturated rings. The van der Waals surface area contributed by atoms with Crippen molar-refractivity contribution < 1.29 is 14.3 Å². The molecule has 0 aromatic heterocycles. The van der Waals surface area contributed by atoms with Crippen molar-refractivity contribution in [3.8, 4) is 5.75 Å². The molecule has 0 saturated carbocycles. The lowest BCUT2D eigenvalue weighted by Crippen LogP contribution is -2.31. The van der Waals surface area contributed by atoms with Crippen LogP contribution in [-0.2, 0) is 16.0 Å². The molecular formula is C14H19NO3. The summed E-state index contributed by atoms with van der Waals surface area (Å²) in [6.07, 6.45) is 1.58. The molecule has 1 aromatic rings. The van der Waals surface area contributed by atoms with Crippen LogP contribution in [0, 0.1) is 0 Å². The number of carbonyl (C=O) groups excluding carboxylic acids is 1. The molecule has 0 N–H and O–H groups in total. The quantitative estimate of drug-likeness (QED) is 0.811. The maximum atomic E-state index is 12.1. The molecule has 1 saturated heterocycles. The van der Waals surface area contributed by atoms with E-state index in [1.54, 1.807) is 14.2 Å². The van der Waals surface area contributed by atoms with Gasteiger partial charge in [0.05, 0.1) is 19.6 Å². The van der Waals surface area contributed by atoms with Gasteiger partial charge in [-0.1, -0.05) is 12.1 Å². The van der Waals surface area contributed by atoms with E-state index in [1.807, 2.05) is 29.2 Å². The largest absolute Gasteiger partial charge is 0.497 e. The van der Waals surface area contributed by atoms with Crippen LogP contribution in [0.2, 0.25) is 0 Å². The molecule has 1 atom stereocenters. The lowest BCUT2D eigenvalue weighted by molar-refractivity contribution is -0.129. The number of amides is 1. The number of hydrogen-bond donors (Lipinski definition) is 0. The molecule has 0 radical (unpaired) electrons. The second-order valence-corrected chi connectivity index (χ2v) is 4.51. The number of carbonyl (C=O) groups is 1. The molecule has 4 nitrogen and oxygen atoms in total. The Kier molecular flexibility index (Phi) is 4.20. The van der Waals surface area contributed by atoms with Crippen LogP contribution in [0.25, 0.3) is 0 Å². The van der Waals surface area contributed by atoms with E-state index in [2.05, 4.69) is 0 Å². The van der Waals surface area contributed by atoms with Gasteiger partial charge in [-0.2, -0.15) is 0 Å². The zero-order chi connectivity index (χ0) is 13.0. The van der Waals surface area contributed by atoms with Gasteiger partial charge in [0.15, 0.2) is 0 Å². The summed E-state index contributed by atoms with van der Waals surface area (Å²) in [5, 5.41) is 0. The molecule has 0 bridgehead atoms. The number of likely N-dealkylation sites (tertiary alicyclic amines) is 1. The van der Waals surface area contributed by atoms with Gasteiger partial charge in [0.2, 0.25) is 5.91 Å². The molecule has 1 unspecified atom stereocenters. The normalized spacial score (nSPS) is 19.0. The van der Waals surface area contributed by atoms with Crippen molar-refractivity contribution in [3.05, 3.63) is 29.8 Å². The second-order valence-electron chi connectivity index (χ2n) is 4.51. The molecule has 1 aliphatic rings. The van der Waals surface area contributed by atoms with Gasteiger partial charge in [-0.05, 0) is 24.1 Å². The Morgan fingerprint density at radius 3 is 2.61 bits per heavy atom. The lowest BCUT2D eigenvalue weighted by Gasteiger charge is -2.16. The Hall–Kier alpha value is -1.55. The van der Waals surface area contributed by atoms with Crippen LogP contribution in [0.4, 0.5) is 0 Å². The van der Waals surface area contributed by atoms with Gasteiger partial charge in [0, 0.05) is 20.2 Å². The fraction of sp³-hybridized carbons (Fsp3) is 0.500. The van der Waals surface area contributed by atoms with Crippen molar-refractivity contribution in [2.75, 3.05) is 27.3 Å². The van der Waals surface area contributed by atoms with Crippen LogP contribution in [0.15, 0.2) is 24.3 Å². The average Bonchev–Trinajstić information content (AvgIpc) is 2.88. The van der Waals surface area contributed by atoms with Crippen LogP contribution < -0.4 is 4.74 Å². The smallest absolute Gasteiger partial charge is 0.227 e. The van der Waals surface area contributed by atoms with E-state index in [0.717, 1.165) is 24.3 Å². The van der Waals surface area contributed by atoms with E-state index in [-0.39, 0.29) is 12.0 Å². The molecule has 18 heavy (non-hydrogen) atoms. The topological polar surface area (TPSA) is 38.8 Å². The highest BCUT2D eigenvalue weighted by molar-refractivity contribution is 5.79. The molecule has 0 spiro atoms. The second kappa shape index (κ2) is 5.87. The summed E-state index contributed by atoms with van der Waals surface area (Å²) in [6.45, 7) is 1.51. The molecule has 1 amide bonds. The van der Waals surface area contributed by atoms with Gasteiger partial charge >= 0.3 is 0 Å². The van der Waals surface area contributed by atoms with Gasteiger partial charge in [-0.3, -0.25) is 4.79 Å². The van der Waals surface area contributed by atoms with Crippen LogP contribution in [-0.4, -0.2) is 44.2 Å². The molecule has 1 aromatic carbocycles. The van der Waals surface area contributed by atoms with Gasteiger partial charge < -0.3 is 14.4 Å². The van der Waals surface area contributed by atoms with Crippen LogP contribution in [0.1, 0.15) is 12.0 Å². The zero-order valence-corrected chi connectivity index (χ0v) is 10.9. The highest BCUT2D eigenvalue weighted by Gasteiger charge is 2.25. The Morgan fingerprint density at radius 1 is 1.33 bits per heavy atom. The van der Waals surface area contributed by atoms with Crippen molar-refractivity contribution in [2.45, 2.75) is 18.9 Å². The third kappa shape index (κ3) is 3.01. The van der Waals surface area contributed by atoms with Crippen LogP contribution >= 0.6 is 0 Å². The molecule has 4 heteroatoms. The highest BCUT2D eigenvalue weighted by atomic mass is 16.5. The Morgan fingerprint density at radius 2 is 2.06 bits per heavy atom. The lowest BCUT2D eigenvalue weighted by atomic mass is 10.1. The van der Waals surface area contributed by atoms with Gasteiger partial charge in [-0.15, -0.1) is 0 Å². The van der Waals surface area contributed by atoms with Crippen molar-refractivity contribution in [2.24, 2.45) is 0 Å². The van der Waals surface area contributed by atoms with Gasteiger partial charge in [0.1, 0.15) is 5.75 Å². The van der Waals surface area contributed by atoms with Crippen molar-refractivity contribution >= 4 is 5.91 Å². The predicted octanol–water partition coefficient (Wildman–Crippen LogP) is 1.48. The average molecular weight is 249 g/mol. The van der Waals surface area contributed by atoms with Crippen molar-refractivity contribution in [1.82, 2.24) is 4.90 Å². The maximum Gasteiger partial charge on any atom is 0.227 e. The fourth-order valence-electron chi connectivity index (χ4n) is 2.18.